The van der Waals surface area contributed by atoms with E-state index in [1.54, 1.807) is 0 Å². The van der Waals surface area contributed by atoms with Crippen LogP contribution < -0.4 is 10.6 Å². The van der Waals surface area contributed by atoms with Crippen LogP contribution in [0.2, 0.25) is 0 Å². The minimum absolute atomic E-state index is 0.00953. The normalized spacial score (nSPS) is 12.5. The molecule has 0 aromatic heterocycles. The minimum Gasteiger partial charge on any atom is -0.324 e. The van der Waals surface area contributed by atoms with E-state index in [4.69, 9.17) is 0 Å². The number of benzene rings is 1. The van der Waals surface area contributed by atoms with Crippen molar-refractivity contribution in [3.8, 4) is 0 Å². The van der Waals surface area contributed by atoms with Gasteiger partial charge in [0.2, 0.25) is 5.91 Å². The second-order valence-electron chi connectivity index (χ2n) is 4.77. The quantitative estimate of drug-likeness (QED) is 0.800. The summed E-state index contributed by atoms with van der Waals surface area (Å²) < 4.78 is 0.899. The largest absolute Gasteiger partial charge is 0.324 e. The molecule has 4 heteroatoms. The summed E-state index contributed by atoms with van der Waals surface area (Å²) in [6.07, 6.45) is 2.27. The van der Waals surface area contributed by atoms with Gasteiger partial charge < -0.3 is 10.6 Å². The van der Waals surface area contributed by atoms with E-state index in [0.29, 0.717) is 18.5 Å². The van der Waals surface area contributed by atoms with E-state index in [0.717, 1.165) is 23.0 Å². The van der Waals surface area contributed by atoms with Gasteiger partial charge in [-0.3, -0.25) is 4.79 Å². The van der Waals surface area contributed by atoms with Gasteiger partial charge in [0, 0.05) is 10.5 Å². The van der Waals surface area contributed by atoms with Crippen molar-refractivity contribution in [3.05, 3.63) is 28.7 Å². The number of carbonyl (C=O) groups is 1. The molecule has 0 aliphatic rings. The summed E-state index contributed by atoms with van der Waals surface area (Å²) in [6.45, 7) is 6.86. The first-order valence-electron chi connectivity index (χ1n) is 6.86. The fourth-order valence-electron chi connectivity index (χ4n) is 2.17. The number of amides is 1. The Bertz CT molecular complexity index is 405. The van der Waals surface area contributed by atoms with Gasteiger partial charge >= 0.3 is 0 Å². The average Bonchev–Trinajstić information content (AvgIpc) is 2.40. The van der Waals surface area contributed by atoms with Crippen LogP contribution in [0.15, 0.2) is 28.7 Å². The molecular weight excluding hydrogens is 304 g/mol. The molecule has 1 rings (SSSR count). The van der Waals surface area contributed by atoms with Gasteiger partial charge in [0.15, 0.2) is 0 Å². The molecule has 0 radical (unpaired) electrons. The van der Waals surface area contributed by atoms with E-state index in [1.165, 1.54) is 0 Å². The summed E-state index contributed by atoms with van der Waals surface area (Å²) in [7, 11) is 0. The Morgan fingerprint density at radius 3 is 2.47 bits per heavy atom. The van der Waals surface area contributed by atoms with Gasteiger partial charge in [0.1, 0.15) is 0 Å². The third-order valence-electron chi connectivity index (χ3n) is 3.49. The number of halogens is 1. The topological polar surface area (TPSA) is 41.1 Å². The number of hydrogen-bond donors (Lipinski definition) is 2. The Morgan fingerprint density at radius 1 is 1.26 bits per heavy atom. The van der Waals surface area contributed by atoms with Crippen molar-refractivity contribution in [2.45, 2.75) is 39.7 Å². The van der Waals surface area contributed by atoms with Crippen molar-refractivity contribution in [1.29, 1.82) is 0 Å². The van der Waals surface area contributed by atoms with Crippen molar-refractivity contribution in [2.24, 2.45) is 5.92 Å². The number of nitrogens with one attached hydrogen (secondary N) is 2. The standard InChI is InChI=1S/C15H23BrN2O/c1-4-12(5-2)11(3)17-10-15(19)18-14-9-7-6-8-13(14)16/h6-9,11-12,17H,4-5,10H2,1-3H3,(H,18,19). The van der Waals surface area contributed by atoms with Crippen LogP contribution >= 0.6 is 15.9 Å². The molecule has 1 atom stereocenters. The summed E-state index contributed by atoms with van der Waals surface area (Å²) in [5, 5.41) is 6.19. The van der Waals surface area contributed by atoms with Crippen LogP contribution in [0.25, 0.3) is 0 Å². The van der Waals surface area contributed by atoms with Crippen LogP contribution in [0.1, 0.15) is 33.6 Å². The minimum atomic E-state index is -0.00953. The van der Waals surface area contributed by atoms with Crippen LogP contribution in [-0.4, -0.2) is 18.5 Å². The highest BCUT2D eigenvalue weighted by molar-refractivity contribution is 9.10. The lowest BCUT2D eigenvalue weighted by atomic mass is 9.95. The summed E-state index contributed by atoms with van der Waals surface area (Å²) in [6, 6.07) is 7.98. The smallest absolute Gasteiger partial charge is 0.238 e. The second-order valence-corrected chi connectivity index (χ2v) is 5.63. The van der Waals surface area contributed by atoms with E-state index in [-0.39, 0.29) is 5.91 Å². The van der Waals surface area contributed by atoms with E-state index in [1.807, 2.05) is 24.3 Å². The predicted molar refractivity (Wildman–Crippen MR) is 84.3 cm³/mol. The first kappa shape index (κ1) is 16.2. The maximum atomic E-state index is 11.9. The lowest BCUT2D eigenvalue weighted by Gasteiger charge is -2.22. The molecule has 0 saturated heterocycles. The molecule has 106 valence electrons. The molecule has 1 amide bonds. The number of para-hydroxylation sites is 1. The average molecular weight is 327 g/mol. The van der Waals surface area contributed by atoms with E-state index < -0.39 is 0 Å². The highest BCUT2D eigenvalue weighted by atomic mass is 79.9. The van der Waals surface area contributed by atoms with Gasteiger partial charge in [-0.05, 0) is 40.9 Å². The molecule has 0 spiro atoms. The Balaban J connectivity index is 2.42. The lowest BCUT2D eigenvalue weighted by Crippen LogP contribution is -2.38. The van der Waals surface area contributed by atoms with Gasteiger partial charge in [0.25, 0.3) is 0 Å². The van der Waals surface area contributed by atoms with E-state index in [9.17, 15) is 4.79 Å². The summed E-state index contributed by atoms with van der Waals surface area (Å²) >= 11 is 3.42. The van der Waals surface area contributed by atoms with Gasteiger partial charge in [-0.25, -0.2) is 0 Å². The molecule has 0 bridgehead atoms. The van der Waals surface area contributed by atoms with Gasteiger partial charge in [-0.15, -0.1) is 0 Å². The van der Waals surface area contributed by atoms with Gasteiger partial charge in [-0.2, -0.15) is 0 Å². The van der Waals surface area contributed by atoms with Crippen molar-refractivity contribution in [2.75, 3.05) is 11.9 Å². The molecule has 0 aliphatic carbocycles. The monoisotopic (exact) mass is 326 g/mol. The van der Waals surface area contributed by atoms with Crippen LogP contribution in [0.4, 0.5) is 5.69 Å². The van der Waals surface area contributed by atoms with Gasteiger partial charge in [-0.1, -0.05) is 38.8 Å². The number of anilines is 1. The number of hydrogen-bond acceptors (Lipinski definition) is 2. The number of carbonyl (C=O) groups excluding carboxylic acids is 1. The molecule has 0 fully saturated rings. The van der Waals surface area contributed by atoms with Crippen LogP contribution in [0.3, 0.4) is 0 Å². The highest BCUT2D eigenvalue weighted by Gasteiger charge is 2.14. The third-order valence-corrected chi connectivity index (χ3v) is 4.18. The zero-order chi connectivity index (χ0) is 14.3. The molecule has 3 nitrogen and oxygen atoms in total. The van der Waals surface area contributed by atoms with Gasteiger partial charge in [0.05, 0.1) is 12.2 Å². The summed E-state index contributed by atoms with van der Waals surface area (Å²) in [4.78, 5) is 11.9. The Labute approximate surface area is 124 Å². The maximum Gasteiger partial charge on any atom is 0.238 e. The molecule has 0 heterocycles. The fourth-order valence-corrected chi connectivity index (χ4v) is 2.56. The third kappa shape index (κ3) is 5.33. The Morgan fingerprint density at radius 2 is 1.89 bits per heavy atom. The molecule has 19 heavy (non-hydrogen) atoms. The first-order valence-corrected chi connectivity index (χ1v) is 7.65. The molecule has 2 N–H and O–H groups in total. The van der Waals surface area contributed by atoms with Crippen molar-refractivity contribution >= 4 is 27.5 Å². The zero-order valence-electron chi connectivity index (χ0n) is 11.9. The summed E-state index contributed by atoms with van der Waals surface area (Å²) in [5.74, 6) is 0.612. The predicted octanol–water partition coefficient (Wildman–Crippen LogP) is 3.80. The summed E-state index contributed by atoms with van der Waals surface area (Å²) in [5.41, 5.74) is 0.810. The molecule has 1 aromatic rings. The molecule has 1 aromatic carbocycles. The first-order chi connectivity index (χ1) is 9.08. The Kier molecular flexibility index (Phi) is 7.10. The fraction of sp³-hybridized carbons (Fsp3) is 0.533. The van der Waals surface area contributed by atoms with Crippen molar-refractivity contribution < 1.29 is 4.79 Å². The maximum absolute atomic E-state index is 11.9. The number of rotatable bonds is 7. The van der Waals surface area contributed by atoms with Crippen molar-refractivity contribution in [3.63, 3.8) is 0 Å². The van der Waals surface area contributed by atoms with Crippen LogP contribution in [-0.2, 0) is 4.79 Å². The van der Waals surface area contributed by atoms with Crippen LogP contribution in [0, 0.1) is 5.92 Å². The SMILES string of the molecule is CCC(CC)C(C)NCC(=O)Nc1ccccc1Br. The van der Waals surface area contributed by atoms with Crippen molar-refractivity contribution in [1.82, 2.24) is 5.32 Å². The lowest BCUT2D eigenvalue weighted by molar-refractivity contribution is -0.115. The molecule has 0 aliphatic heterocycles. The molecule has 0 saturated carbocycles. The Hall–Kier alpha value is -0.870. The second kappa shape index (κ2) is 8.33. The van der Waals surface area contributed by atoms with Crippen LogP contribution in [0.5, 0.6) is 0 Å². The van der Waals surface area contributed by atoms with E-state index >= 15 is 0 Å². The molecular formula is C15H23BrN2O. The van der Waals surface area contributed by atoms with E-state index in [2.05, 4.69) is 47.3 Å². The zero-order valence-corrected chi connectivity index (χ0v) is 13.5. The molecule has 1 unspecified atom stereocenters. The highest BCUT2D eigenvalue weighted by Crippen LogP contribution is 2.20.